The molecule has 0 aliphatic rings. The van der Waals surface area contributed by atoms with Crippen LogP contribution in [0.1, 0.15) is 21.5 Å². The van der Waals surface area contributed by atoms with Crippen LogP contribution in [0.15, 0.2) is 41.1 Å². The highest BCUT2D eigenvalue weighted by Crippen LogP contribution is 2.13. The van der Waals surface area contributed by atoms with Crippen LogP contribution in [0.25, 0.3) is 0 Å². The second kappa shape index (κ2) is 6.90. The average Bonchev–Trinajstić information content (AvgIpc) is 2.99. The number of thiophene rings is 1. The monoisotopic (exact) mass is 284 g/mol. The molecule has 0 saturated carbocycles. The molecule has 0 unspecified atom stereocenters. The minimum atomic E-state index is 0.0211. The fourth-order valence-corrected chi connectivity index (χ4v) is 2.49. The Labute approximate surface area is 123 Å². The Morgan fingerprint density at radius 3 is 2.85 bits per heavy atom. The Hall–Kier alpha value is -2.09. The quantitative estimate of drug-likeness (QED) is 0.879. The lowest BCUT2D eigenvalue weighted by Crippen LogP contribution is -2.26. The molecule has 2 aromatic rings. The minimum absolute atomic E-state index is 0.0211. The molecule has 0 aliphatic heterocycles. The molecule has 102 valence electrons. The number of carbonyl (C=O) groups excluding carboxylic acids is 1. The molecular formula is C16H16N2OS. The summed E-state index contributed by atoms with van der Waals surface area (Å²) < 4.78 is 0. The van der Waals surface area contributed by atoms with E-state index in [0.717, 1.165) is 16.7 Å². The van der Waals surface area contributed by atoms with Crippen LogP contribution in [0.5, 0.6) is 0 Å². The molecule has 2 N–H and O–H groups in total. The Bertz CT molecular complexity index is 638. The maximum Gasteiger partial charge on any atom is 0.254 e. The lowest BCUT2D eigenvalue weighted by atomic mass is 10.1. The van der Waals surface area contributed by atoms with Crippen LogP contribution in [0.3, 0.4) is 0 Å². The van der Waals surface area contributed by atoms with Crippen molar-refractivity contribution in [2.45, 2.75) is 6.54 Å². The molecule has 3 nitrogen and oxygen atoms in total. The van der Waals surface area contributed by atoms with Gasteiger partial charge in [-0.15, -0.1) is 0 Å². The number of nitrogens with zero attached hydrogens (tertiary/aromatic N) is 1. The number of nitrogens with two attached hydrogens (primary N) is 1. The van der Waals surface area contributed by atoms with E-state index in [9.17, 15) is 4.79 Å². The molecule has 1 aromatic heterocycles. The molecular weight excluding hydrogens is 268 g/mol. The van der Waals surface area contributed by atoms with Crippen molar-refractivity contribution < 1.29 is 4.79 Å². The van der Waals surface area contributed by atoms with Gasteiger partial charge in [0.25, 0.3) is 5.91 Å². The molecule has 0 aliphatic carbocycles. The first-order chi connectivity index (χ1) is 9.72. The summed E-state index contributed by atoms with van der Waals surface area (Å²) in [4.78, 5) is 13.9. The van der Waals surface area contributed by atoms with Crippen molar-refractivity contribution in [1.82, 2.24) is 4.90 Å². The van der Waals surface area contributed by atoms with Gasteiger partial charge in [-0.1, -0.05) is 30.0 Å². The third kappa shape index (κ3) is 3.47. The van der Waals surface area contributed by atoms with Crippen LogP contribution in [0, 0.1) is 11.8 Å². The van der Waals surface area contributed by atoms with E-state index in [4.69, 9.17) is 5.73 Å². The van der Waals surface area contributed by atoms with Crippen molar-refractivity contribution in [2.75, 3.05) is 13.6 Å². The molecule has 1 amide bonds. The summed E-state index contributed by atoms with van der Waals surface area (Å²) in [7, 11) is 1.80. The van der Waals surface area contributed by atoms with E-state index in [1.54, 1.807) is 11.9 Å². The number of amides is 1. The van der Waals surface area contributed by atoms with Gasteiger partial charge in [0.2, 0.25) is 0 Å². The topological polar surface area (TPSA) is 46.3 Å². The smallest absolute Gasteiger partial charge is 0.254 e. The number of carbonyl (C=O) groups is 1. The molecule has 4 heteroatoms. The summed E-state index contributed by atoms with van der Waals surface area (Å²) in [5.41, 5.74) is 8.07. The van der Waals surface area contributed by atoms with E-state index in [0.29, 0.717) is 13.1 Å². The highest BCUT2D eigenvalue weighted by molar-refractivity contribution is 7.08. The average molecular weight is 284 g/mol. The Balaban J connectivity index is 2.15. The number of benzene rings is 1. The Morgan fingerprint density at radius 1 is 1.35 bits per heavy atom. The third-order valence-electron chi connectivity index (χ3n) is 2.86. The van der Waals surface area contributed by atoms with Crippen molar-refractivity contribution >= 4 is 17.2 Å². The van der Waals surface area contributed by atoms with Crippen LogP contribution >= 0.6 is 11.3 Å². The molecule has 1 heterocycles. The summed E-state index contributed by atoms with van der Waals surface area (Å²) in [5, 5.41) is 3.76. The molecule has 0 fully saturated rings. The molecule has 1 aromatic carbocycles. The van der Waals surface area contributed by atoms with Gasteiger partial charge in [0, 0.05) is 24.5 Å². The van der Waals surface area contributed by atoms with Crippen LogP contribution < -0.4 is 5.73 Å². The molecule has 0 spiro atoms. The van der Waals surface area contributed by atoms with Crippen LogP contribution in [0.2, 0.25) is 0 Å². The summed E-state index contributed by atoms with van der Waals surface area (Å²) in [5.74, 6) is 5.91. The van der Waals surface area contributed by atoms with E-state index in [1.807, 2.05) is 41.1 Å². The van der Waals surface area contributed by atoms with Gasteiger partial charge in [-0.25, -0.2) is 0 Å². The van der Waals surface area contributed by atoms with Gasteiger partial charge >= 0.3 is 0 Å². The van der Waals surface area contributed by atoms with E-state index in [2.05, 4.69) is 11.8 Å². The molecule has 2 rings (SSSR count). The van der Waals surface area contributed by atoms with Gasteiger partial charge in [-0.05, 0) is 23.1 Å². The normalized spacial score (nSPS) is 9.70. The number of hydrogen-bond donors (Lipinski definition) is 1. The number of hydrogen-bond acceptors (Lipinski definition) is 3. The van der Waals surface area contributed by atoms with Gasteiger partial charge in [0.15, 0.2) is 0 Å². The van der Waals surface area contributed by atoms with Crippen molar-refractivity contribution in [1.29, 1.82) is 0 Å². The predicted octanol–water partition coefficient (Wildman–Crippen LogP) is 2.33. The van der Waals surface area contributed by atoms with Crippen LogP contribution in [-0.4, -0.2) is 24.4 Å². The zero-order valence-corrected chi connectivity index (χ0v) is 12.1. The van der Waals surface area contributed by atoms with E-state index >= 15 is 0 Å². The van der Waals surface area contributed by atoms with Gasteiger partial charge in [-0.2, -0.15) is 11.3 Å². The summed E-state index contributed by atoms with van der Waals surface area (Å²) in [6, 6.07) is 9.65. The molecule has 0 atom stereocenters. The summed E-state index contributed by atoms with van der Waals surface area (Å²) >= 11 is 1.52. The first-order valence-electron chi connectivity index (χ1n) is 6.27. The van der Waals surface area contributed by atoms with E-state index in [-0.39, 0.29) is 5.91 Å². The van der Waals surface area contributed by atoms with Gasteiger partial charge in [-0.3, -0.25) is 4.79 Å². The van der Waals surface area contributed by atoms with Gasteiger partial charge < -0.3 is 10.6 Å². The minimum Gasteiger partial charge on any atom is -0.337 e. The Kier molecular flexibility index (Phi) is 4.94. The molecule has 0 radical (unpaired) electrons. The maximum atomic E-state index is 12.2. The zero-order chi connectivity index (χ0) is 14.4. The summed E-state index contributed by atoms with van der Waals surface area (Å²) in [6.45, 7) is 0.863. The van der Waals surface area contributed by atoms with Crippen molar-refractivity contribution in [3.63, 3.8) is 0 Å². The van der Waals surface area contributed by atoms with Crippen molar-refractivity contribution in [2.24, 2.45) is 5.73 Å². The SMILES string of the molecule is CN(Cc1ccccc1C#CCN)C(=O)c1ccsc1. The lowest BCUT2D eigenvalue weighted by Gasteiger charge is -2.17. The van der Waals surface area contributed by atoms with Gasteiger partial charge in [0.1, 0.15) is 0 Å². The fraction of sp³-hybridized carbons (Fsp3) is 0.188. The largest absolute Gasteiger partial charge is 0.337 e. The highest BCUT2D eigenvalue weighted by Gasteiger charge is 2.13. The highest BCUT2D eigenvalue weighted by atomic mass is 32.1. The number of rotatable bonds is 3. The fourth-order valence-electron chi connectivity index (χ4n) is 1.86. The van der Waals surface area contributed by atoms with Crippen LogP contribution in [0.4, 0.5) is 0 Å². The van der Waals surface area contributed by atoms with Crippen molar-refractivity contribution in [3.05, 3.63) is 57.8 Å². The van der Waals surface area contributed by atoms with Crippen molar-refractivity contribution in [3.8, 4) is 11.8 Å². The first-order valence-corrected chi connectivity index (χ1v) is 7.21. The second-order valence-electron chi connectivity index (χ2n) is 4.34. The summed E-state index contributed by atoms with van der Waals surface area (Å²) in [6.07, 6.45) is 0. The lowest BCUT2D eigenvalue weighted by molar-refractivity contribution is 0.0785. The zero-order valence-electron chi connectivity index (χ0n) is 11.3. The predicted molar refractivity (Wildman–Crippen MR) is 82.5 cm³/mol. The van der Waals surface area contributed by atoms with Crippen LogP contribution in [-0.2, 0) is 6.54 Å². The first kappa shape index (κ1) is 14.3. The molecule has 0 bridgehead atoms. The standard InChI is InChI=1S/C16H16N2OS/c1-18(16(19)15-8-10-20-12-15)11-14-6-3-2-5-13(14)7-4-9-17/h2-3,5-6,8,10,12H,9,11,17H2,1H3. The van der Waals surface area contributed by atoms with E-state index in [1.165, 1.54) is 11.3 Å². The molecule has 0 saturated heterocycles. The van der Waals surface area contributed by atoms with E-state index < -0.39 is 0 Å². The maximum absolute atomic E-state index is 12.2. The van der Waals surface area contributed by atoms with Gasteiger partial charge in [0.05, 0.1) is 12.1 Å². The third-order valence-corrected chi connectivity index (χ3v) is 3.55. The Morgan fingerprint density at radius 2 is 2.15 bits per heavy atom. The molecule has 20 heavy (non-hydrogen) atoms. The second-order valence-corrected chi connectivity index (χ2v) is 5.12.